The Morgan fingerprint density at radius 1 is 0.968 bits per heavy atom. The highest BCUT2D eigenvalue weighted by Crippen LogP contribution is 2.32. The fraction of sp³-hybridized carbons (Fsp3) is 0.385. The van der Waals surface area contributed by atoms with Gasteiger partial charge in [-0.15, -0.1) is 0 Å². The Kier molecular flexibility index (Phi) is 9.63. The molecule has 2 aromatic carbocycles. The first-order chi connectivity index (χ1) is 15.2. The topological polar surface area (TPSA) is 29.5 Å². The minimum Gasteiger partial charge on any atom is -0.494 e. The molecule has 1 amide bonds. The molecule has 5 heteroatoms. The molecule has 31 heavy (non-hydrogen) atoms. The zero-order chi connectivity index (χ0) is 21.9. The molecular formula is C26H31NO2S2. The van der Waals surface area contributed by atoms with Crippen LogP contribution in [-0.2, 0) is 11.2 Å². The van der Waals surface area contributed by atoms with Gasteiger partial charge >= 0.3 is 0 Å². The number of benzene rings is 2. The largest absolute Gasteiger partial charge is 0.494 e. The first-order valence-corrected chi connectivity index (χ1v) is 12.4. The molecule has 3 rings (SSSR count). The van der Waals surface area contributed by atoms with Gasteiger partial charge in [0.05, 0.1) is 11.5 Å². The second-order valence-corrected chi connectivity index (χ2v) is 9.43. The van der Waals surface area contributed by atoms with Gasteiger partial charge in [0.15, 0.2) is 0 Å². The molecule has 0 aromatic heterocycles. The Morgan fingerprint density at radius 2 is 1.68 bits per heavy atom. The third-order valence-electron chi connectivity index (χ3n) is 5.28. The lowest BCUT2D eigenvalue weighted by Gasteiger charge is -2.14. The molecule has 1 aliphatic heterocycles. The van der Waals surface area contributed by atoms with Crippen molar-refractivity contribution < 1.29 is 9.53 Å². The second kappa shape index (κ2) is 12.7. The number of nitrogens with zero attached hydrogens (tertiary/aromatic N) is 1. The molecule has 1 heterocycles. The molecule has 164 valence electrons. The average Bonchev–Trinajstić information content (AvgIpc) is 3.05. The maximum atomic E-state index is 12.8. The summed E-state index contributed by atoms with van der Waals surface area (Å²) in [5.41, 5.74) is 2.19. The number of carbonyl (C=O) groups excluding carboxylic acids is 1. The van der Waals surface area contributed by atoms with Crippen molar-refractivity contribution in [2.45, 2.75) is 51.9 Å². The summed E-state index contributed by atoms with van der Waals surface area (Å²) < 4.78 is 6.48. The van der Waals surface area contributed by atoms with E-state index in [0.717, 1.165) is 30.8 Å². The van der Waals surface area contributed by atoms with E-state index in [9.17, 15) is 4.79 Å². The summed E-state index contributed by atoms with van der Waals surface area (Å²) in [6.45, 7) is 3.60. The Bertz CT molecular complexity index is 878. The van der Waals surface area contributed by atoms with Crippen LogP contribution in [0.4, 0.5) is 0 Å². The lowest BCUT2D eigenvalue weighted by Crippen LogP contribution is -2.30. The molecule has 2 aromatic rings. The summed E-state index contributed by atoms with van der Waals surface area (Å²) in [6.07, 6.45) is 10.3. The minimum atomic E-state index is -0.00525. The Balaban J connectivity index is 1.47. The maximum absolute atomic E-state index is 12.8. The lowest BCUT2D eigenvalue weighted by atomic mass is 10.1. The number of hydrogen-bond donors (Lipinski definition) is 0. The fourth-order valence-corrected chi connectivity index (χ4v) is 4.77. The van der Waals surface area contributed by atoms with E-state index in [4.69, 9.17) is 17.0 Å². The van der Waals surface area contributed by atoms with E-state index in [0.29, 0.717) is 15.8 Å². The monoisotopic (exact) mass is 453 g/mol. The molecule has 0 spiro atoms. The summed E-state index contributed by atoms with van der Waals surface area (Å²) in [6, 6.07) is 18.1. The molecule has 0 unspecified atom stereocenters. The quantitative estimate of drug-likeness (QED) is 0.199. The van der Waals surface area contributed by atoms with E-state index >= 15 is 0 Å². The summed E-state index contributed by atoms with van der Waals surface area (Å²) in [4.78, 5) is 15.2. The van der Waals surface area contributed by atoms with E-state index < -0.39 is 0 Å². The minimum absolute atomic E-state index is 0.00525. The van der Waals surface area contributed by atoms with Crippen molar-refractivity contribution in [1.82, 2.24) is 4.90 Å². The van der Waals surface area contributed by atoms with Crippen LogP contribution in [0, 0.1) is 0 Å². The number of carbonyl (C=O) groups is 1. The van der Waals surface area contributed by atoms with E-state index in [1.807, 2.05) is 48.5 Å². The van der Waals surface area contributed by atoms with Gasteiger partial charge in [-0.2, -0.15) is 0 Å². The standard InChI is InChI=1S/C26H31NO2S2/c1-2-3-4-5-6-10-19-29-23-15-13-22(14-16-23)20-24-25(28)27(26(30)31-24)18-17-21-11-8-7-9-12-21/h7-9,11-16,20H,2-6,10,17-19H2,1H3/b24-20-. The Morgan fingerprint density at radius 3 is 2.42 bits per heavy atom. The summed E-state index contributed by atoms with van der Waals surface area (Å²) in [5.74, 6) is 0.871. The molecule has 0 radical (unpaired) electrons. The molecule has 0 N–H and O–H groups in total. The Labute approximate surface area is 195 Å². The van der Waals surface area contributed by atoms with Crippen LogP contribution in [0.15, 0.2) is 59.5 Å². The zero-order valence-electron chi connectivity index (χ0n) is 18.2. The molecule has 1 aliphatic rings. The third kappa shape index (κ3) is 7.51. The molecular weight excluding hydrogens is 422 g/mol. The van der Waals surface area contributed by atoms with Gasteiger partial charge in [0.1, 0.15) is 10.1 Å². The number of rotatable bonds is 12. The van der Waals surface area contributed by atoms with Crippen molar-refractivity contribution in [1.29, 1.82) is 0 Å². The normalized spacial score (nSPS) is 15.1. The van der Waals surface area contributed by atoms with Crippen LogP contribution in [0.5, 0.6) is 5.75 Å². The molecule has 1 saturated heterocycles. The van der Waals surface area contributed by atoms with Crippen LogP contribution in [0.3, 0.4) is 0 Å². The first kappa shape index (κ1) is 23.6. The number of amides is 1. The molecule has 1 fully saturated rings. The lowest BCUT2D eigenvalue weighted by molar-refractivity contribution is -0.122. The smallest absolute Gasteiger partial charge is 0.266 e. The van der Waals surface area contributed by atoms with Gasteiger partial charge in [0.25, 0.3) is 5.91 Å². The van der Waals surface area contributed by atoms with Gasteiger partial charge < -0.3 is 4.74 Å². The van der Waals surface area contributed by atoms with Crippen molar-refractivity contribution in [3.8, 4) is 5.75 Å². The number of hydrogen-bond acceptors (Lipinski definition) is 4. The molecule has 0 aliphatic carbocycles. The summed E-state index contributed by atoms with van der Waals surface area (Å²) >= 11 is 6.83. The van der Waals surface area contributed by atoms with Crippen LogP contribution < -0.4 is 4.74 Å². The van der Waals surface area contributed by atoms with E-state index in [-0.39, 0.29) is 5.91 Å². The molecule has 0 saturated carbocycles. The van der Waals surface area contributed by atoms with E-state index in [2.05, 4.69) is 19.1 Å². The van der Waals surface area contributed by atoms with Gasteiger partial charge in [-0.25, -0.2) is 0 Å². The highest BCUT2D eigenvalue weighted by atomic mass is 32.2. The van der Waals surface area contributed by atoms with Crippen molar-refractivity contribution in [2.24, 2.45) is 0 Å². The highest BCUT2D eigenvalue weighted by molar-refractivity contribution is 8.26. The van der Waals surface area contributed by atoms with Crippen LogP contribution >= 0.6 is 24.0 Å². The van der Waals surface area contributed by atoms with Crippen LogP contribution in [0.25, 0.3) is 6.08 Å². The van der Waals surface area contributed by atoms with Gasteiger partial charge in [-0.1, -0.05) is 105 Å². The van der Waals surface area contributed by atoms with Crippen molar-refractivity contribution in [3.63, 3.8) is 0 Å². The van der Waals surface area contributed by atoms with E-state index in [1.165, 1.54) is 49.4 Å². The van der Waals surface area contributed by atoms with Gasteiger partial charge in [-0.3, -0.25) is 9.69 Å². The predicted molar refractivity (Wildman–Crippen MR) is 135 cm³/mol. The van der Waals surface area contributed by atoms with Crippen molar-refractivity contribution in [3.05, 3.63) is 70.6 Å². The highest BCUT2D eigenvalue weighted by Gasteiger charge is 2.31. The van der Waals surface area contributed by atoms with Crippen LogP contribution in [-0.4, -0.2) is 28.3 Å². The predicted octanol–water partition coefficient (Wildman–Crippen LogP) is 6.87. The van der Waals surface area contributed by atoms with Gasteiger partial charge in [-0.05, 0) is 42.2 Å². The molecule has 0 atom stereocenters. The maximum Gasteiger partial charge on any atom is 0.266 e. The van der Waals surface area contributed by atoms with Crippen LogP contribution in [0.1, 0.15) is 56.6 Å². The van der Waals surface area contributed by atoms with E-state index in [1.54, 1.807) is 4.90 Å². The van der Waals surface area contributed by atoms with Crippen molar-refractivity contribution in [2.75, 3.05) is 13.2 Å². The van der Waals surface area contributed by atoms with Gasteiger partial charge in [0.2, 0.25) is 0 Å². The van der Waals surface area contributed by atoms with Crippen LogP contribution in [0.2, 0.25) is 0 Å². The zero-order valence-corrected chi connectivity index (χ0v) is 19.9. The fourth-order valence-electron chi connectivity index (χ4n) is 3.46. The summed E-state index contributed by atoms with van der Waals surface area (Å²) in [7, 11) is 0. The van der Waals surface area contributed by atoms with Gasteiger partial charge in [0, 0.05) is 6.54 Å². The van der Waals surface area contributed by atoms with Crippen molar-refractivity contribution >= 4 is 40.3 Å². The molecule has 3 nitrogen and oxygen atoms in total. The second-order valence-electron chi connectivity index (χ2n) is 7.75. The third-order valence-corrected chi connectivity index (χ3v) is 6.66. The number of thioether (sulfide) groups is 1. The first-order valence-electron chi connectivity index (χ1n) is 11.2. The average molecular weight is 454 g/mol. The molecule has 0 bridgehead atoms. The number of unbranched alkanes of at least 4 members (excludes halogenated alkanes) is 5. The number of thiocarbonyl (C=S) groups is 1. The SMILES string of the molecule is CCCCCCCCOc1ccc(/C=C2\SC(=S)N(CCc3ccccc3)C2=O)cc1. The summed E-state index contributed by atoms with van der Waals surface area (Å²) in [5, 5.41) is 0. The number of ether oxygens (including phenoxy) is 1. The Hall–Kier alpha value is -2.11.